The molecule has 0 radical (unpaired) electrons. The first-order valence-electron chi connectivity index (χ1n) is 7.83. The second kappa shape index (κ2) is 7.35. The van der Waals surface area contributed by atoms with E-state index in [1.54, 1.807) is 49.4 Å². The van der Waals surface area contributed by atoms with Crippen molar-refractivity contribution in [2.45, 2.75) is 19.5 Å². The van der Waals surface area contributed by atoms with E-state index in [1.807, 2.05) is 0 Å². The Morgan fingerprint density at radius 2 is 1.92 bits per heavy atom. The average molecular weight is 392 g/mol. The van der Waals surface area contributed by atoms with Gasteiger partial charge in [0.2, 0.25) is 5.91 Å². The van der Waals surface area contributed by atoms with Crippen LogP contribution in [0, 0.1) is 0 Å². The molecule has 2 aromatic carbocycles. The van der Waals surface area contributed by atoms with Gasteiger partial charge in [-0.3, -0.25) is 19.1 Å². The van der Waals surface area contributed by atoms with E-state index in [0.29, 0.717) is 26.5 Å². The van der Waals surface area contributed by atoms with Gasteiger partial charge in [0, 0.05) is 10.0 Å². The third-order valence-corrected chi connectivity index (χ3v) is 4.58. The highest BCUT2D eigenvalue weighted by molar-refractivity contribution is 6.35. The molecule has 26 heavy (non-hydrogen) atoms. The van der Waals surface area contributed by atoms with Crippen molar-refractivity contribution in [2.75, 3.05) is 0 Å². The monoisotopic (exact) mass is 391 g/mol. The number of fused-ring (bicyclic) bond motifs is 1. The third kappa shape index (κ3) is 3.66. The molecule has 0 saturated carbocycles. The van der Waals surface area contributed by atoms with Crippen LogP contribution in [-0.2, 0) is 11.3 Å². The zero-order chi connectivity index (χ0) is 18.8. The molecule has 0 saturated heterocycles. The Kier molecular flexibility index (Phi) is 5.15. The van der Waals surface area contributed by atoms with Gasteiger partial charge in [-0.05, 0) is 36.8 Å². The molecular weight excluding hydrogens is 377 g/mol. The van der Waals surface area contributed by atoms with Gasteiger partial charge < -0.3 is 5.32 Å². The SMILES string of the molecule is C[C@@H](NC(=O)Cn1c(=O)[nH]c(=O)c2ccccc21)c1ccc(Cl)cc1Cl. The molecule has 1 amide bonds. The number of aromatic nitrogens is 2. The summed E-state index contributed by atoms with van der Waals surface area (Å²) >= 11 is 12.0. The number of rotatable bonds is 4. The first kappa shape index (κ1) is 18.2. The lowest BCUT2D eigenvalue weighted by Crippen LogP contribution is -2.37. The molecule has 3 aromatic rings. The first-order valence-corrected chi connectivity index (χ1v) is 8.58. The lowest BCUT2D eigenvalue weighted by molar-refractivity contribution is -0.122. The van der Waals surface area contributed by atoms with Gasteiger partial charge in [0.1, 0.15) is 6.54 Å². The summed E-state index contributed by atoms with van der Waals surface area (Å²) in [5.74, 6) is -0.386. The number of nitrogens with zero attached hydrogens (tertiary/aromatic N) is 1. The van der Waals surface area contributed by atoms with E-state index in [0.717, 1.165) is 0 Å². The minimum Gasteiger partial charge on any atom is -0.348 e. The number of hydrogen-bond acceptors (Lipinski definition) is 3. The highest BCUT2D eigenvalue weighted by atomic mass is 35.5. The largest absolute Gasteiger partial charge is 0.348 e. The Labute approximate surface area is 158 Å². The van der Waals surface area contributed by atoms with Gasteiger partial charge in [0.15, 0.2) is 0 Å². The Balaban J connectivity index is 1.86. The maximum absolute atomic E-state index is 12.4. The van der Waals surface area contributed by atoms with Gasteiger partial charge in [-0.1, -0.05) is 41.4 Å². The van der Waals surface area contributed by atoms with Gasteiger partial charge in [0.25, 0.3) is 5.56 Å². The molecule has 6 nitrogen and oxygen atoms in total. The molecule has 0 fully saturated rings. The van der Waals surface area contributed by atoms with E-state index >= 15 is 0 Å². The van der Waals surface area contributed by atoms with Crippen molar-refractivity contribution in [3.05, 3.63) is 78.9 Å². The molecule has 2 N–H and O–H groups in total. The maximum Gasteiger partial charge on any atom is 0.329 e. The minimum atomic E-state index is -0.638. The van der Waals surface area contributed by atoms with Gasteiger partial charge >= 0.3 is 5.69 Å². The summed E-state index contributed by atoms with van der Waals surface area (Å²) in [5.41, 5.74) is -0.0127. The summed E-state index contributed by atoms with van der Waals surface area (Å²) in [4.78, 5) is 38.6. The number of carbonyl (C=O) groups excluding carboxylic acids is 1. The Morgan fingerprint density at radius 1 is 1.19 bits per heavy atom. The zero-order valence-electron chi connectivity index (χ0n) is 13.8. The molecule has 0 spiro atoms. The summed E-state index contributed by atoms with van der Waals surface area (Å²) in [6.45, 7) is 1.55. The van der Waals surface area contributed by atoms with Crippen LogP contribution >= 0.6 is 23.2 Å². The van der Waals surface area contributed by atoms with E-state index in [4.69, 9.17) is 23.2 Å². The van der Waals surface area contributed by atoms with Crippen LogP contribution in [0.25, 0.3) is 10.9 Å². The Hall–Kier alpha value is -2.57. The number of hydrogen-bond donors (Lipinski definition) is 2. The van der Waals surface area contributed by atoms with Gasteiger partial charge in [-0.15, -0.1) is 0 Å². The molecule has 0 aliphatic rings. The lowest BCUT2D eigenvalue weighted by Gasteiger charge is -2.17. The normalized spacial score (nSPS) is 12.1. The van der Waals surface area contributed by atoms with Gasteiger partial charge in [0.05, 0.1) is 16.9 Å². The minimum absolute atomic E-state index is 0.230. The number of nitrogens with one attached hydrogen (secondary N) is 2. The topological polar surface area (TPSA) is 84.0 Å². The number of carbonyl (C=O) groups is 1. The van der Waals surface area contributed by atoms with Crippen molar-refractivity contribution in [3.8, 4) is 0 Å². The fourth-order valence-electron chi connectivity index (χ4n) is 2.76. The summed E-state index contributed by atoms with van der Waals surface area (Å²) in [7, 11) is 0. The maximum atomic E-state index is 12.4. The van der Waals surface area contributed by atoms with Crippen molar-refractivity contribution in [1.29, 1.82) is 0 Å². The smallest absolute Gasteiger partial charge is 0.329 e. The van der Waals surface area contributed by atoms with Crippen LogP contribution in [0.4, 0.5) is 0 Å². The molecule has 134 valence electrons. The number of para-hydroxylation sites is 1. The van der Waals surface area contributed by atoms with E-state index in [2.05, 4.69) is 10.3 Å². The van der Waals surface area contributed by atoms with Crippen molar-refractivity contribution in [2.24, 2.45) is 0 Å². The highest BCUT2D eigenvalue weighted by Gasteiger charge is 2.15. The van der Waals surface area contributed by atoms with E-state index < -0.39 is 11.2 Å². The number of aromatic amines is 1. The fourth-order valence-corrected chi connectivity index (χ4v) is 3.33. The van der Waals surface area contributed by atoms with Crippen LogP contribution in [0.3, 0.4) is 0 Å². The first-order chi connectivity index (χ1) is 12.4. The highest BCUT2D eigenvalue weighted by Crippen LogP contribution is 2.26. The van der Waals surface area contributed by atoms with Gasteiger partial charge in [-0.25, -0.2) is 4.79 Å². The summed E-state index contributed by atoms with van der Waals surface area (Å²) in [5, 5.41) is 4.08. The predicted octanol–water partition coefficient (Wildman–Crippen LogP) is 2.87. The Morgan fingerprint density at radius 3 is 2.65 bits per heavy atom. The molecule has 1 heterocycles. The molecule has 0 bridgehead atoms. The van der Waals surface area contributed by atoms with E-state index in [9.17, 15) is 14.4 Å². The summed E-state index contributed by atoms with van der Waals surface area (Å²) in [6.07, 6.45) is 0. The molecule has 0 aliphatic carbocycles. The van der Waals surface area contributed by atoms with Crippen LogP contribution in [0.2, 0.25) is 10.0 Å². The summed E-state index contributed by atoms with van der Waals surface area (Å²) < 4.78 is 1.22. The molecule has 3 rings (SSSR count). The molecule has 1 atom stereocenters. The Bertz CT molecular complexity index is 1100. The lowest BCUT2D eigenvalue weighted by atomic mass is 10.1. The second-order valence-electron chi connectivity index (χ2n) is 5.82. The second-order valence-corrected chi connectivity index (χ2v) is 6.66. The molecular formula is C18H15Cl2N3O3. The van der Waals surface area contributed by atoms with Crippen LogP contribution in [0.1, 0.15) is 18.5 Å². The zero-order valence-corrected chi connectivity index (χ0v) is 15.3. The summed E-state index contributed by atoms with van der Waals surface area (Å²) in [6, 6.07) is 11.3. The number of H-pyrrole nitrogens is 1. The average Bonchev–Trinajstić information content (AvgIpc) is 2.58. The number of benzene rings is 2. The van der Waals surface area contributed by atoms with E-state index in [-0.39, 0.29) is 18.5 Å². The number of halogens is 2. The van der Waals surface area contributed by atoms with Crippen LogP contribution < -0.4 is 16.6 Å². The molecule has 0 unspecified atom stereocenters. The van der Waals surface area contributed by atoms with Gasteiger partial charge in [-0.2, -0.15) is 0 Å². The third-order valence-electron chi connectivity index (χ3n) is 4.01. The quantitative estimate of drug-likeness (QED) is 0.716. The van der Waals surface area contributed by atoms with E-state index in [1.165, 1.54) is 4.57 Å². The standard InChI is InChI=1S/C18H15Cl2N3O3/c1-10(12-7-6-11(19)8-14(12)20)21-16(24)9-23-15-5-3-2-4-13(15)17(25)22-18(23)26/h2-8,10H,9H2,1H3,(H,21,24)(H,22,25,26)/t10-/m1/s1. The molecule has 8 heteroatoms. The predicted molar refractivity (Wildman–Crippen MR) is 102 cm³/mol. The molecule has 1 aromatic heterocycles. The van der Waals surface area contributed by atoms with Crippen molar-refractivity contribution >= 4 is 40.0 Å². The van der Waals surface area contributed by atoms with Crippen molar-refractivity contribution in [1.82, 2.24) is 14.9 Å². The van der Waals surface area contributed by atoms with Crippen molar-refractivity contribution < 1.29 is 4.79 Å². The van der Waals surface area contributed by atoms with Crippen LogP contribution in [0.5, 0.6) is 0 Å². The van der Waals surface area contributed by atoms with Crippen LogP contribution in [-0.4, -0.2) is 15.5 Å². The van der Waals surface area contributed by atoms with Crippen molar-refractivity contribution in [3.63, 3.8) is 0 Å². The molecule has 0 aliphatic heterocycles. The number of amides is 1. The fraction of sp³-hybridized carbons (Fsp3) is 0.167. The van der Waals surface area contributed by atoms with Crippen LogP contribution in [0.15, 0.2) is 52.1 Å².